The summed E-state index contributed by atoms with van der Waals surface area (Å²) in [5.41, 5.74) is 3.54. The Morgan fingerprint density at radius 1 is 1.24 bits per heavy atom. The number of rotatable bonds is 11. The Morgan fingerprint density at radius 3 is 2.82 bits per heavy atom. The first-order valence-corrected chi connectivity index (χ1v) is 12.3. The van der Waals surface area contributed by atoms with E-state index >= 15 is 0 Å². The molecule has 33 heavy (non-hydrogen) atoms. The third-order valence-corrected chi connectivity index (χ3v) is 6.66. The van der Waals surface area contributed by atoms with Crippen LogP contribution in [-0.2, 0) is 11.3 Å². The Bertz CT molecular complexity index is 946. The smallest absolute Gasteiger partial charge is 0.274 e. The largest absolute Gasteiger partial charge is 0.383 e. The lowest BCUT2D eigenvalue weighted by molar-refractivity contribution is 0.102. The van der Waals surface area contributed by atoms with Gasteiger partial charge in [-0.05, 0) is 68.7 Å². The van der Waals surface area contributed by atoms with E-state index in [9.17, 15) is 4.79 Å². The molecule has 1 atom stereocenters. The lowest BCUT2D eigenvalue weighted by Gasteiger charge is -2.24. The molecule has 1 saturated carbocycles. The summed E-state index contributed by atoms with van der Waals surface area (Å²) in [6, 6.07) is 8.59. The summed E-state index contributed by atoms with van der Waals surface area (Å²) in [5.74, 6) is 1.40. The molecule has 0 unspecified atom stereocenters. The average molecular weight is 452 g/mol. The Morgan fingerprint density at radius 2 is 2.09 bits per heavy atom. The minimum Gasteiger partial charge on any atom is -0.383 e. The predicted molar refractivity (Wildman–Crippen MR) is 132 cm³/mol. The highest BCUT2D eigenvalue weighted by Crippen LogP contribution is 2.31. The first kappa shape index (κ1) is 23.6. The molecule has 7 nitrogen and oxygen atoms in total. The molecule has 178 valence electrons. The van der Waals surface area contributed by atoms with Crippen molar-refractivity contribution in [1.29, 1.82) is 0 Å². The van der Waals surface area contributed by atoms with Crippen molar-refractivity contribution in [2.24, 2.45) is 5.92 Å². The van der Waals surface area contributed by atoms with E-state index in [1.54, 1.807) is 7.11 Å². The van der Waals surface area contributed by atoms with Gasteiger partial charge in [0.05, 0.1) is 6.61 Å². The molecule has 7 heteroatoms. The second kappa shape index (κ2) is 11.1. The number of nitrogens with zero attached hydrogens (tertiary/aromatic N) is 4. The minimum atomic E-state index is -0.197. The Kier molecular flexibility index (Phi) is 7.93. The monoisotopic (exact) mass is 451 g/mol. The molecule has 1 amide bonds. The van der Waals surface area contributed by atoms with Crippen molar-refractivity contribution in [3.05, 3.63) is 47.4 Å². The predicted octanol–water partition coefficient (Wildman–Crippen LogP) is 4.27. The minimum absolute atomic E-state index is 0.197. The fourth-order valence-corrected chi connectivity index (χ4v) is 4.70. The zero-order chi connectivity index (χ0) is 23.2. The van der Waals surface area contributed by atoms with Gasteiger partial charge in [-0.2, -0.15) is 0 Å². The molecule has 1 saturated heterocycles. The van der Waals surface area contributed by atoms with Crippen LogP contribution in [0.1, 0.15) is 60.6 Å². The number of benzene rings is 1. The summed E-state index contributed by atoms with van der Waals surface area (Å²) in [6.07, 6.45) is 7.55. The van der Waals surface area contributed by atoms with E-state index in [1.807, 2.05) is 19.1 Å². The number of ether oxygens (including phenoxy) is 1. The maximum absolute atomic E-state index is 13.0. The molecule has 2 aromatic rings. The molecule has 2 fully saturated rings. The van der Waals surface area contributed by atoms with E-state index in [1.165, 1.54) is 37.6 Å². The van der Waals surface area contributed by atoms with Crippen LogP contribution in [0.15, 0.2) is 30.6 Å². The van der Waals surface area contributed by atoms with Gasteiger partial charge in [-0.1, -0.05) is 19.1 Å². The maximum atomic E-state index is 13.0. The van der Waals surface area contributed by atoms with E-state index in [2.05, 4.69) is 44.1 Å². The molecule has 1 aliphatic heterocycles. The number of anilines is 2. The summed E-state index contributed by atoms with van der Waals surface area (Å²) < 4.78 is 5.38. The molecule has 0 spiro atoms. The van der Waals surface area contributed by atoms with Crippen LogP contribution < -0.4 is 10.2 Å². The first-order valence-electron chi connectivity index (χ1n) is 12.3. The average Bonchev–Trinajstić information content (AvgIpc) is 3.53. The quantitative estimate of drug-likeness (QED) is 0.550. The topological polar surface area (TPSA) is 70.6 Å². The van der Waals surface area contributed by atoms with Gasteiger partial charge in [0, 0.05) is 44.5 Å². The number of aryl methyl sites for hydroxylation is 1. The number of hydrogen-bond donors (Lipinski definition) is 1. The molecule has 2 heterocycles. The van der Waals surface area contributed by atoms with Crippen molar-refractivity contribution in [2.75, 3.05) is 43.6 Å². The molecule has 1 N–H and O–H groups in total. The van der Waals surface area contributed by atoms with Gasteiger partial charge in [0.2, 0.25) is 0 Å². The number of nitrogens with one attached hydrogen (secondary N) is 1. The third kappa shape index (κ3) is 6.30. The summed E-state index contributed by atoms with van der Waals surface area (Å²) in [4.78, 5) is 26.4. The number of likely N-dealkylation sites (tertiary alicyclic amines) is 1. The highest BCUT2D eigenvalue weighted by molar-refractivity contribution is 6.03. The zero-order valence-corrected chi connectivity index (χ0v) is 20.2. The van der Waals surface area contributed by atoms with Crippen molar-refractivity contribution in [3.63, 3.8) is 0 Å². The fourth-order valence-electron chi connectivity index (χ4n) is 4.70. The molecular formula is C26H37N5O2. The van der Waals surface area contributed by atoms with Gasteiger partial charge in [0.25, 0.3) is 5.91 Å². The van der Waals surface area contributed by atoms with Crippen LogP contribution in [0, 0.1) is 12.8 Å². The van der Waals surface area contributed by atoms with Crippen molar-refractivity contribution < 1.29 is 9.53 Å². The number of methoxy groups -OCH3 is 1. The maximum Gasteiger partial charge on any atom is 0.274 e. The van der Waals surface area contributed by atoms with Crippen LogP contribution in [0.25, 0.3) is 0 Å². The molecule has 1 aromatic heterocycles. The van der Waals surface area contributed by atoms with Gasteiger partial charge in [-0.25, -0.2) is 9.97 Å². The van der Waals surface area contributed by atoms with Gasteiger partial charge in [0.15, 0.2) is 0 Å². The SMILES string of the molecule is CCCN(CC1CC1)c1cc(C(=O)Nc2ccc(CN3CCC[C@@H]3COC)cc2C)ncn1. The van der Waals surface area contributed by atoms with E-state index in [4.69, 9.17) is 4.74 Å². The van der Waals surface area contributed by atoms with Crippen molar-refractivity contribution >= 4 is 17.4 Å². The van der Waals surface area contributed by atoms with Crippen LogP contribution >= 0.6 is 0 Å². The summed E-state index contributed by atoms with van der Waals surface area (Å²) in [7, 11) is 1.77. The van der Waals surface area contributed by atoms with Crippen LogP contribution in [-0.4, -0.2) is 60.2 Å². The molecule has 1 aromatic carbocycles. The third-order valence-electron chi connectivity index (χ3n) is 6.66. The highest BCUT2D eigenvalue weighted by atomic mass is 16.5. The van der Waals surface area contributed by atoms with Crippen molar-refractivity contribution in [3.8, 4) is 0 Å². The standard InChI is InChI=1S/C26H37N5O2/c1-4-11-31(15-20-7-8-20)25-14-24(27-18-28-25)26(32)29-23-10-9-21(13-19(23)2)16-30-12-5-6-22(30)17-33-3/h9-10,13-14,18,20,22H,4-8,11-12,15-17H2,1-3H3,(H,29,32)/t22-/m1/s1. The van der Waals surface area contributed by atoms with E-state index in [0.29, 0.717) is 11.7 Å². The van der Waals surface area contributed by atoms with Gasteiger partial charge < -0.3 is 15.0 Å². The lowest BCUT2D eigenvalue weighted by Crippen LogP contribution is -2.32. The number of hydrogen-bond acceptors (Lipinski definition) is 6. The molecule has 0 bridgehead atoms. The second-order valence-corrected chi connectivity index (χ2v) is 9.48. The number of amides is 1. The van der Waals surface area contributed by atoms with Gasteiger partial charge >= 0.3 is 0 Å². The van der Waals surface area contributed by atoms with Crippen LogP contribution in [0.2, 0.25) is 0 Å². The zero-order valence-electron chi connectivity index (χ0n) is 20.2. The van der Waals surface area contributed by atoms with Crippen molar-refractivity contribution in [2.45, 2.75) is 58.5 Å². The Labute approximate surface area is 197 Å². The molecular weight excluding hydrogens is 414 g/mol. The molecule has 1 aliphatic carbocycles. The van der Waals surface area contributed by atoms with Gasteiger partial charge in [-0.3, -0.25) is 9.69 Å². The fraction of sp³-hybridized carbons (Fsp3) is 0.577. The summed E-state index contributed by atoms with van der Waals surface area (Å²) in [5, 5.41) is 3.05. The molecule has 0 radical (unpaired) electrons. The van der Waals surface area contributed by atoms with Crippen molar-refractivity contribution in [1.82, 2.24) is 14.9 Å². The Balaban J connectivity index is 1.41. The summed E-state index contributed by atoms with van der Waals surface area (Å²) in [6.45, 7) is 8.96. The number of carbonyl (C=O) groups excluding carboxylic acids is 1. The van der Waals surface area contributed by atoms with E-state index in [0.717, 1.165) is 62.2 Å². The van der Waals surface area contributed by atoms with Crippen LogP contribution in [0.5, 0.6) is 0 Å². The normalized spacial score (nSPS) is 18.5. The molecule has 2 aliphatic rings. The Hall–Kier alpha value is -2.51. The second-order valence-electron chi connectivity index (χ2n) is 9.48. The molecule has 4 rings (SSSR count). The number of aromatic nitrogens is 2. The lowest BCUT2D eigenvalue weighted by atomic mass is 10.1. The van der Waals surface area contributed by atoms with Gasteiger partial charge in [-0.15, -0.1) is 0 Å². The highest BCUT2D eigenvalue weighted by Gasteiger charge is 2.26. The van der Waals surface area contributed by atoms with Crippen LogP contribution in [0.4, 0.5) is 11.5 Å². The number of carbonyl (C=O) groups is 1. The van der Waals surface area contributed by atoms with Crippen LogP contribution in [0.3, 0.4) is 0 Å². The van der Waals surface area contributed by atoms with E-state index in [-0.39, 0.29) is 5.91 Å². The van der Waals surface area contributed by atoms with E-state index < -0.39 is 0 Å². The first-order chi connectivity index (χ1) is 16.1. The summed E-state index contributed by atoms with van der Waals surface area (Å²) >= 11 is 0. The van der Waals surface area contributed by atoms with Gasteiger partial charge in [0.1, 0.15) is 17.8 Å².